The van der Waals surface area contributed by atoms with Crippen LogP contribution < -0.4 is 10.5 Å². The first-order chi connectivity index (χ1) is 17.4. The van der Waals surface area contributed by atoms with Crippen LogP contribution in [0.3, 0.4) is 0 Å². The van der Waals surface area contributed by atoms with Gasteiger partial charge in [-0.3, -0.25) is 0 Å². The molecule has 0 saturated carbocycles. The van der Waals surface area contributed by atoms with E-state index in [0.29, 0.717) is 5.75 Å². The van der Waals surface area contributed by atoms with Crippen LogP contribution in [0.25, 0.3) is 11.1 Å². The van der Waals surface area contributed by atoms with Crippen molar-refractivity contribution in [2.24, 2.45) is 5.73 Å². The van der Waals surface area contributed by atoms with Gasteiger partial charge < -0.3 is 20.3 Å². The summed E-state index contributed by atoms with van der Waals surface area (Å²) in [5, 5.41) is 27.9. The monoisotopic (exact) mass is 481 g/mol. The highest BCUT2D eigenvalue weighted by Crippen LogP contribution is 2.44. The Morgan fingerprint density at radius 2 is 1.50 bits per heavy atom. The first kappa shape index (κ1) is 24.5. The minimum absolute atomic E-state index is 0.0304. The zero-order valence-electron chi connectivity index (χ0n) is 19.3. The topological polar surface area (TPSA) is 146 Å². The fourth-order valence-electron chi connectivity index (χ4n) is 4.38. The van der Waals surface area contributed by atoms with Crippen molar-refractivity contribution in [3.63, 3.8) is 0 Å². The number of carboxylic acid groups (broad SMARTS) is 1. The third kappa shape index (κ3) is 4.76. The lowest BCUT2D eigenvalue weighted by Crippen LogP contribution is -2.56. The van der Waals surface area contributed by atoms with Gasteiger partial charge in [0.1, 0.15) is 12.4 Å². The molecule has 1 aliphatic carbocycles. The van der Waals surface area contributed by atoms with E-state index in [2.05, 4.69) is 0 Å². The second kappa shape index (κ2) is 10.3. The van der Waals surface area contributed by atoms with Crippen LogP contribution in [0.4, 0.5) is 0 Å². The lowest BCUT2D eigenvalue weighted by atomic mass is 9.94. The van der Waals surface area contributed by atoms with E-state index < -0.39 is 17.5 Å². The molecule has 0 fully saturated rings. The third-order valence-corrected chi connectivity index (χ3v) is 6.24. The predicted molar refractivity (Wildman–Crippen MR) is 130 cm³/mol. The fraction of sp³-hybridized carbons (Fsp3) is 0.214. The number of nitrogens with zero attached hydrogens (tertiary/aromatic N) is 2. The van der Waals surface area contributed by atoms with Crippen molar-refractivity contribution in [3.8, 4) is 29.0 Å². The summed E-state index contributed by atoms with van der Waals surface area (Å²) >= 11 is 0. The van der Waals surface area contributed by atoms with E-state index in [9.17, 15) is 14.7 Å². The molecule has 8 nitrogen and oxygen atoms in total. The minimum Gasteiger partial charge on any atom is -0.494 e. The normalized spacial score (nSPS) is 13.4. The summed E-state index contributed by atoms with van der Waals surface area (Å²) in [5.41, 5.74) is 8.44. The van der Waals surface area contributed by atoms with Crippen molar-refractivity contribution in [3.05, 3.63) is 89.0 Å². The molecule has 1 aliphatic rings. The molecule has 0 radical (unpaired) electrons. The number of nitriles is 2. The number of aliphatic carboxylic acids is 1. The highest BCUT2D eigenvalue weighted by molar-refractivity contribution is 6.03. The summed E-state index contributed by atoms with van der Waals surface area (Å²) in [6.45, 7) is -0.00385. The zero-order chi connectivity index (χ0) is 25.7. The van der Waals surface area contributed by atoms with Crippen LogP contribution in [0.5, 0.6) is 5.75 Å². The predicted octanol–water partition coefficient (Wildman–Crippen LogP) is 3.73. The molecule has 0 saturated heterocycles. The van der Waals surface area contributed by atoms with Crippen molar-refractivity contribution in [1.82, 2.24) is 0 Å². The maximum atomic E-state index is 12.9. The van der Waals surface area contributed by atoms with Gasteiger partial charge in [0.2, 0.25) is 5.54 Å². The molecule has 3 aromatic rings. The summed E-state index contributed by atoms with van der Waals surface area (Å²) in [5.74, 6) is -2.43. The number of ether oxygens (including phenoxy) is 2. The molecule has 180 valence electrons. The van der Waals surface area contributed by atoms with Crippen molar-refractivity contribution >= 4 is 11.9 Å². The van der Waals surface area contributed by atoms with Gasteiger partial charge in [-0.1, -0.05) is 48.5 Å². The van der Waals surface area contributed by atoms with Crippen molar-refractivity contribution in [2.45, 2.75) is 24.3 Å². The van der Waals surface area contributed by atoms with E-state index in [1.54, 1.807) is 0 Å². The summed E-state index contributed by atoms with van der Waals surface area (Å²) in [4.78, 5) is 24.8. The number of benzene rings is 3. The number of carboxylic acids is 1. The van der Waals surface area contributed by atoms with Gasteiger partial charge in [0, 0.05) is 5.92 Å². The Labute approximate surface area is 208 Å². The number of nitrogens with two attached hydrogens (primary N) is 1. The van der Waals surface area contributed by atoms with E-state index in [-0.39, 0.29) is 43.1 Å². The SMILES string of the molecule is N#Cc1cc(C#N)cc(OCCC[C@](N)(C(=O)O)C(=O)OCC2c3ccccc3-c3ccccc32)c1. The Kier molecular flexibility index (Phi) is 7.00. The lowest BCUT2D eigenvalue weighted by Gasteiger charge is -2.24. The number of fused-ring (bicyclic) bond motifs is 3. The molecular weight excluding hydrogens is 458 g/mol. The Hall–Kier alpha value is -4.66. The van der Waals surface area contributed by atoms with Gasteiger partial charge in [-0.25, -0.2) is 9.59 Å². The smallest absolute Gasteiger partial charge is 0.337 e. The van der Waals surface area contributed by atoms with Gasteiger partial charge in [-0.15, -0.1) is 0 Å². The maximum absolute atomic E-state index is 12.9. The van der Waals surface area contributed by atoms with Gasteiger partial charge in [0.25, 0.3) is 0 Å². The van der Waals surface area contributed by atoms with Crippen LogP contribution in [-0.4, -0.2) is 35.8 Å². The molecule has 1 atom stereocenters. The Balaban J connectivity index is 1.40. The number of esters is 1. The Morgan fingerprint density at radius 1 is 0.944 bits per heavy atom. The number of rotatable bonds is 9. The van der Waals surface area contributed by atoms with Crippen LogP contribution >= 0.6 is 0 Å². The van der Waals surface area contributed by atoms with Crippen LogP contribution in [0.2, 0.25) is 0 Å². The van der Waals surface area contributed by atoms with E-state index in [1.165, 1.54) is 18.2 Å². The molecule has 0 unspecified atom stereocenters. The first-order valence-corrected chi connectivity index (χ1v) is 11.3. The van der Waals surface area contributed by atoms with E-state index >= 15 is 0 Å². The average molecular weight is 482 g/mol. The van der Waals surface area contributed by atoms with Gasteiger partial charge in [-0.2, -0.15) is 10.5 Å². The molecule has 3 N–H and O–H groups in total. The highest BCUT2D eigenvalue weighted by atomic mass is 16.5. The second-order valence-corrected chi connectivity index (χ2v) is 8.52. The van der Waals surface area contributed by atoms with Crippen molar-refractivity contribution < 1.29 is 24.2 Å². The summed E-state index contributed by atoms with van der Waals surface area (Å²) in [6, 6.07) is 23.9. The molecule has 0 aliphatic heterocycles. The van der Waals surface area contributed by atoms with Crippen molar-refractivity contribution in [1.29, 1.82) is 10.5 Å². The standard InChI is InChI=1S/C28H23N3O5/c29-15-18-12-19(16-30)14-20(13-18)35-11-5-10-28(31,26(32)33)27(34)36-17-25-23-8-3-1-6-21(23)22-7-2-4-9-24(22)25/h1-4,6-9,12-14,25H,5,10-11,17,31H2,(H,32,33)/t28-/m0/s1. The first-order valence-electron chi connectivity index (χ1n) is 11.3. The zero-order valence-corrected chi connectivity index (χ0v) is 19.3. The van der Waals surface area contributed by atoms with E-state index in [4.69, 9.17) is 25.7 Å². The second-order valence-electron chi connectivity index (χ2n) is 8.52. The van der Waals surface area contributed by atoms with Crippen LogP contribution in [-0.2, 0) is 14.3 Å². The minimum atomic E-state index is -2.24. The highest BCUT2D eigenvalue weighted by Gasteiger charge is 2.44. The molecule has 0 bridgehead atoms. The van der Waals surface area contributed by atoms with E-state index in [1.807, 2.05) is 60.7 Å². The van der Waals surface area contributed by atoms with Gasteiger partial charge in [-0.05, 0) is 53.3 Å². The lowest BCUT2D eigenvalue weighted by molar-refractivity contribution is -0.161. The van der Waals surface area contributed by atoms with Crippen LogP contribution in [0.1, 0.15) is 41.0 Å². The molecule has 8 heteroatoms. The van der Waals surface area contributed by atoms with Gasteiger partial charge in [0.15, 0.2) is 0 Å². The molecule has 3 aromatic carbocycles. The van der Waals surface area contributed by atoms with E-state index in [0.717, 1.165) is 22.3 Å². The van der Waals surface area contributed by atoms with Crippen LogP contribution in [0.15, 0.2) is 66.7 Å². The summed E-state index contributed by atoms with van der Waals surface area (Å²) in [7, 11) is 0. The number of carbonyl (C=O) groups excluding carboxylic acids is 1. The summed E-state index contributed by atoms with van der Waals surface area (Å²) < 4.78 is 11.0. The average Bonchev–Trinajstić information content (AvgIpc) is 3.22. The van der Waals surface area contributed by atoms with Gasteiger partial charge in [0.05, 0.1) is 29.9 Å². The molecule has 0 aromatic heterocycles. The third-order valence-electron chi connectivity index (χ3n) is 6.24. The molecule has 0 heterocycles. The molecule has 0 amide bonds. The maximum Gasteiger partial charge on any atom is 0.337 e. The molecule has 0 spiro atoms. The molecule has 36 heavy (non-hydrogen) atoms. The molecule has 4 rings (SSSR count). The number of hydrogen-bond donors (Lipinski definition) is 2. The number of carbonyl (C=O) groups is 2. The molecular formula is C28H23N3O5. The Bertz CT molecular complexity index is 1330. The summed E-state index contributed by atoms with van der Waals surface area (Å²) in [6.07, 6.45) is -0.0896. The van der Waals surface area contributed by atoms with Crippen LogP contribution in [0, 0.1) is 22.7 Å². The van der Waals surface area contributed by atoms with Crippen molar-refractivity contribution in [2.75, 3.05) is 13.2 Å². The largest absolute Gasteiger partial charge is 0.494 e. The van der Waals surface area contributed by atoms with Gasteiger partial charge >= 0.3 is 11.9 Å². The number of hydrogen-bond acceptors (Lipinski definition) is 7. The quantitative estimate of drug-likeness (QED) is 0.267. The fourth-order valence-corrected chi connectivity index (χ4v) is 4.38. The Morgan fingerprint density at radius 3 is 2.03 bits per heavy atom.